The average Bonchev–Trinajstić information content (AvgIpc) is 2.53. The predicted octanol–water partition coefficient (Wildman–Crippen LogP) is 2.79. The first-order valence-electron chi connectivity index (χ1n) is 8.47. The number of phenols is 2. The zero-order valence-corrected chi connectivity index (χ0v) is 14.0. The zero-order valence-electron chi connectivity index (χ0n) is 14.0. The minimum Gasteiger partial charge on any atom is -0.504 e. The molecule has 1 aliphatic rings. The summed E-state index contributed by atoms with van der Waals surface area (Å²) in [4.78, 5) is 23.9. The number of aromatic hydroxyl groups is 2. The Morgan fingerprint density at radius 1 is 1.08 bits per heavy atom. The van der Waals surface area contributed by atoms with E-state index >= 15 is 0 Å². The summed E-state index contributed by atoms with van der Waals surface area (Å²) in [7, 11) is 0. The number of ether oxygens (including phenoxy) is 1. The summed E-state index contributed by atoms with van der Waals surface area (Å²) in [6, 6.07) is 2.99. The molecular weight excluding hydrogens is 310 g/mol. The molecule has 6 nitrogen and oxygen atoms in total. The van der Waals surface area contributed by atoms with E-state index in [4.69, 9.17) is 4.74 Å². The van der Waals surface area contributed by atoms with Crippen molar-refractivity contribution in [1.82, 2.24) is 5.32 Å². The molecule has 0 radical (unpaired) electrons. The molecule has 0 aliphatic heterocycles. The third-order valence-corrected chi connectivity index (χ3v) is 4.38. The number of aryl methyl sites for hydroxylation is 1. The molecule has 3 N–H and O–H groups in total. The van der Waals surface area contributed by atoms with Crippen molar-refractivity contribution in [2.24, 2.45) is 0 Å². The van der Waals surface area contributed by atoms with E-state index in [1.807, 2.05) is 0 Å². The molecular formula is C18H25NO5. The number of carbonyl (C=O) groups excluding carboxylic acids is 2. The molecule has 0 saturated heterocycles. The van der Waals surface area contributed by atoms with Crippen molar-refractivity contribution in [1.29, 1.82) is 0 Å². The molecule has 0 atom stereocenters. The van der Waals surface area contributed by atoms with Gasteiger partial charge in [0.05, 0.1) is 0 Å². The van der Waals surface area contributed by atoms with Crippen molar-refractivity contribution in [3.8, 4) is 11.5 Å². The summed E-state index contributed by atoms with van der Waals surface area (Å²) in [5.41, 5.74) is 0.294. The van der Waals surface area contributed by atoms with Crippen LogP contribution in [0.15, 0.2) is 12.1 Å². The highest BCUT2D eigenvalue weighted by Crippen LogP contribution is 2.32. The van der Waals surface area contributed by atoms with Gasteiger partial charge in [0.25, 0.3) is 5.91 Å². The third-order valence-electron chi connectivity index (χ3n) is 4.38. The van der Waals surface area contributed by atoms with Crippen molar-refractivity contribution in [3.05, 3.63) is 23.3 Å². The molecule has 6 heteroatoms. The first kappa shape index (κ1) is 18.1. The molecule has 132 valence electrons. The largest absolute Gasteiger partial charge is 0.504 e. The Kier molecular flexibility index (Phi) is 6.46. The van der Waals surface area contributed by atoms with E-state index in [1.165, 1.54) is 31.4 Å². The molecule has 1 aromatic carbocycles. The molecule has 2 rings (SSSR count). The average molecular weight is 335 g/mol. The lowest BCUT2D eigenvalue weighted by atomic mass is 9.97. The van der Waals surface area contributed by atoms with E-state index in [0.717, 1.165) is 25.7 Å². The molecule has 0 heterocycles. The Hall–Kier alpha value is -2.24. The Morgan fingerprint density at radius 3 is 2.38 bits per heavy atom. The molecule has 24 heavy (non-hydrogen) atoms. The quantitative estimate of drug-likeness (QED) is 0.581. The van der Waals surface area contributed by atoms with Gasteiger partial charge in [-0.25, -0.2) is 4.79 Å². The zero-order chi connectivity index (χ0) is 17.5. The fourth-order valence-electron chi connectivity index (χ4n) is 2.92. The number of benzene rings is 1. The summed E-state index contributed by atoms with van der Waals surface area (Å²) in [6.07, 6.45) is 7.74. The maximum absolute atomic E-state index is 12.0. The second-order valence-electron chi connectivity index (χ2n) is 6.31. The van der Waals surface area contributed by atoms with Gasteiger partial charge in [0.15, 0.2) is 18.1 Å². The fourth-order valence-corrected chi connectivity index (χ4v) is 2.92. The molecule has 0 spiro atoms. The van der Waals surface area contributed by atoms with Gasteiger partial charge in [-0.15, -0.1) is 0 Å². The highest BCUT2D eigenvalue weighted by atomic mass is 16.5. The number of carbonyl (C=O) groups is 2. The molecule has 0 bridgehead atoms. The lowest BCUT2D eigenvalue weighted by Crippen LogP contribution is -2.38. The van der Waals surface area contributed by atoms with Crippen LogP contribution in [-0.4, -0.2) is 34.7 Å². The van der Waals surface area contributed by atoms with Crippen molar-refractivity contribution < 1.29 is 24.5 Å². The number of phenolic OH excluding ortho intramolecular Hbond substituents is 2. The second-order valence-corrected chi connectivity index (χ2v) is 6.31. The molecule has 1 aromatic rings. The standard InChI is InChI=1S/C18H25NO5/c1-12-9-10-14(17(22)16(12)21)18(23)24-11-15(20)19-13-7-5-3-2-4-6-8-13/h9-10,13,21-22H,2-8,11H2,1H3,(H,19,20). The Balaban J connectivity index is 1.84. The Morgan fingerprint density at radius 2 is 1.71 bits per heavy atom. The molecule has 1 saturated carbocycles. The van der Waals surface area contributed by atoms with Gasteiger partial charge < -0.3 is 20.3 Å². The normalized spacial score (nSPS) is 16.0. The topological polar surface area (TPSA) is 95.9 Å². The van der Waals surface area contributed by atoms with Crippen LogP contribution >= 0.6 is 0 Å². The molecule has 1 amide bonds. The van der Waals surface area contributed by atoms with Crippen LogP contribution in [0.25, 0.3) is 0 Å². The number of amides is 1. The van der Waals surface area contributed by atoms with Crippen molar-refractivity contribution in [3.63, 3.8) is 0 Å². The predicted molar refractivity (Wildman–Crippen MR) is 89.0 cm³/mol. The molecule has 1 aliphatic carbocycles. The second kappa shape index (κ2) is 8.57. The van der Waals surface area contributed by atoms with E-state index in [-0.39, 0.29) is 23.3 Å². The third kappa shape index (κ3) is 4.88. The van der Waals surface area contributed by atoms with E-state index in [0.29, 0.717) is 5.56 Å². The minimum atomic E-state index is -0.837. The first-order chi connectivity index (χ1) is 11.5. The van der Waals surface area contributed by atoms with Crippen LogP contribution in [0.4, 0.5) is 0 Å². The fraction of sp³-hybridized carbons (Fsp3) is 0.556. The number of hydrogen-bond donors (Lipinski definition) is 3. The van der Waals surface area contributed by atoms with Gasteiger partial charge in [-0.3, -0.25) is 4.79 Å². The van der Waals surface area contributed by atoms with Crippen LogP contribution in [0.2, 0.25) is 0 Å². The monoisotopic (exact) mass is 335 g/mol. The smallest absolute Gasteiger partial charge is 0.342 e. The van der Waals surface area contributed by atoms with Gasteiger partial charge in [-0.1, -0.05) is 38.2 Å². The summed E-state index contributed by atoms with van der Waals surface area (Å²) >= 11 is 0. The van der Waals surface area contributed by atoms with Crippen molar-refractivity contribution in [2.75, 3.05) is 6.61 Å². The number of esters is 1. The maximum Gasteiger partial charge on any atom is 0.342 e. The number of rotatable bonds is 4. The van der Waals surface area contributed by atoms with Crippen LogP contribution in [0, 0.1) is 6.92 Å². The van der Waals surface area contributed by atoms with E-state index in [9.17, 15) is 19.8 Å². The summed E-state index contributed by atoms with van der Waals surface area (Å²) < 4.78 is 4.94. The van der Waals surface area contributed by atoms with Gasteiger partial charge >= 0.3 is 5.97 Å². The molecule has 0 aromatic heterocycles. The Bertz CT molecular complexity index is 591. The summed E-state index contributed by atoms with van der Waals surface area (Å²) in [5, 5.41) is 22.3. The highest BCUT2D eigenvalue weighted by Gasteiger charge is 2.19. The van der Waals surface area contributed by atoms with Gasteiger partial charge in [-0.2, -0.15) is 0 Å². The summed E-state index contributed by atoms with van der Waals surface area (Å²) in [6.45, 7) is 1.20. The van der Waals surface area contributed by atoms with Gasteiger partial charge in [-0.05, 0) is 31.4 Å². The number of nitrogens with one attached hydrogen (secondary N) is 1. The van der Waals surface area contributed by atoms with Crippen LogP contribution in [0.1, 0.15) is 60.9 Å². The van der Waals surface area contributed by atoms with E-state index < -0.39 is 18.3 Å². The van der Waals surface area contributed by atoms with Crippen LogP contribution < -0.4 is 5.32 Å². The van der Waals surface area contributed by atoms with Crippen molar-refractivity contribution >= 4 is 11.9 Å². The van der Waals surface area contributed by atoms with Gasteiger partial charge in [0.2, 0.25) is 0 Å². The van der Waals surface area contributed by atoms with E-state index in [1.54, 1.807) is 6.92 Å². The lowest BCUT2D eigenvalue weighted by molar-refractivity contribution is -0.125. The molecule has 1 fully saturated rings. The molecule has 0 unspecified atom stereocenters. The minimum absolute atomic E-state index is 0.133. The van der Waals surface area contributed by atoms with Crippen LogP contribution in [0.3, 0.4) is 0 Å². The van der Waals surface area contributed by atoms with Crippen LogP contribution in [0.5, 0.6) is 11.5 Å². The van der Waals surface area contributed by atoms with E-state index in [2.05, 4.69) is 5.32 Å². The maximum atomic E-state index is 12.0. The SMILES string of the molecule is Cc1ccc(C(=O)OCC(=O)NC2CCCCCCC2)c(O)c1O. The van der Waals surface area contributed by atoms with Crippen LogP contribution in [-0.2, 0) is 9.53 Å². The first-order valence-corrected chi connectivity index (χ1v) is 8.47. The lowest BCUT2D eigenvalue weighted by Gasteiger charge is -2.21. The van der Waals surface area contributed by atoms with Gasteiger partial charge in [0, 0.05) is 6.04 Å². The Labute approximate surface area is 141 Å². The van der Waals surface area contributed by atoms with Gasteiger partial charge in [0.1, 0.15) is 5.56 Å². The number of hydrogen-bond acceptors (Lipinski definition) is 5. The summed E-state index contributed by atoms with van der Waals surface area (Å²) in [5.74, 6) is -2.07. The van der Waals surface area contributed by atoms with Crippen molar-refractivity contribution in [2.45, 2.75) is 57.9 Å². The highest BCUT2D eigenvalue weighted by molar-refractivity contribution is 5.95.